The van der Waals surface area contributed by atoms with Crippen LogP contribution in [0.25, 0.3) is 0 Å². The van der Waals surface area contributed by atoms with Gasteiger partial charge in [-0.05, 0) is 43.3 Å². The molecule has 1 aliphatic rings. The molecule has 1 fully saturated rings. The van der Waals surface area contributed by atoms with E-state index < -0.39 is 0 Å². The lowest BCUT2D eigenvalue weighted by Gasteiger charge is -2.35. The van der Waals surface area contributed by atoms with Gasteiger partial charge in [-0.2, -0.15) is 0 Å². The molecule has 1 saturated heterocycles. The number of likely N-dealkylation sites (N-methyl/N-ethyl adjacent to an activating group) is 1. The molecule has 0 atom stereocenters. The van der Waals surface area contributed by atoms with Crippen LogP contribution in [0.15, 0.2) is 46.0 Å². The van der Waals surface area contributed by atoms with E-state index >= 15 is 0 Å². The number of guanidine groups is 1. The highest BCUT2D eigenvalue weighted by Gasteiger charge is 2.18. The Bertz CT molecular complexity index is 754. The van der Waals surface area contributed by atoms with E-state index in [1.807, 2.05) is 31.2 Å². The van der Waals surface area contributed by atoms with Crippen LogP contribution in [-0.2, 0) is 13.1 Å². The lowest BCUT2D eigenvalue weighted by atomic mass is 10.1. The number of aliphatic imine (C=N–C) groups is 1. The minimum absolute atomic E-state index is 0.175. The molecule has 2 aromatic rings. The lowest BCUT2D eigenvalue weighted by Crippen LogP contribution is -2.46. The van der Waals surface area contributed by atoms with Crippen molar-refractivity contribution in [2.24, 2.45) is 4.99 Å². The van der Waals surface area contributed by atoms with E-state index in [0.29, 0.717) is 24.7 Å². The van der Waals surface area contributed by atoms with Gasteiger partial charge in [-0.1, -0.05) is 13.0 Å². The molecule has 0 radical (unpaired) electrons. The fraction of sp³-hybridized carbons (Fsp3) is 0.476. The topological polar surface area (TPSA) is 56.0 Å². The minimum atomic E-state index is -0.175. The normalized spacial score (nSPS) is 15.7. The van der Waals surface area contributed by atoms with Crippen LogP contribution < -0.4 is 15.5 Å². The van der Waals surface area contributed by atoms with Crippen LogP contribution in [0.3, 0.4) is 0 Å². The summed E-state index contributed by atoms with van der Waals surface area (Å²) in [6.45, 7) is 10.6. The number of piperazine rings is 1. The molecule has 1 aromatic carbocycles. The second kappa shape index (κ2) is 10.1. The van der Waals surface area contributed by atoms with E-state index in [0.717, 1.165) is 50.6 Å². The van der Waals surface area contributed by atoms with Crippen LogP contribution in [0, 0.1) is 5.82 Å². The van der Waals surface area contributed by atoms with Gasteiger partial charge in [-0.25, -0.2) is 9.38 Å². The first kappa shape index (κ1) is 20.2. The Hall–Kier alpha value is -2.54. The van der Waals surface area contributed by atoms with Gasteiger partial charge in [-0.15, -0.1) is 0 Å². The molecule has 3 rings (SSSR count). The van der Waals surface area contributed by atoms with E-state index in [2.05, 4.69) is 32.3 Å². The van der Waals surface area contributed by atoms with Gasteiger partial charge in [0.1, 0.15) is 11.6 Å². The summed E-state index contributed by atoms with van der Waals surface area (Å²) in [5, 5.41) is 6.41. The van der Waals surface area contributed by atoms with Gasteiger partial charge in [-0.3, -0.25) is 0 Å². The summed E-state index contributed by atoms with van der Waals surface area (Å²) >= 11 is 0. The number of anilines is 1. The van der Waals surface area contributed by atoms with E-state index in [1.54, 1.807) is 12.3 Å². The maximum absolute atomic E-state index is 14.7. The summed E-state index contributed by atoms with van der Waals surface area (Å²) in [7, 11) is 0. The van der Waals surface area contributed by atoms with Crippen LogP contribution in [0.1, 0.15) is 25.2 Å². The number of benzene rings is 1. The van der Waals surface area contributed by atoms with Crippen molar-refractivity contribution < 1.29 is 8.81 Å². The minimum Gasteiger partial charge on any atom is -0.467 e. The number of nitrogens with one attached hydrogen (secondary N) is 2. The number of hydrogen-bond donors (Lipinski definition) is 2. The first-order valence-corrected chi connectivity index (χ1v) is 10.00. The standard InChI is InChI=1S/C21H30FN5O/c1-3-23-21(25-16-18-6-5-13-28-18)24-15-17-7-8-20(19(22)14-17)27-11-9-26(4-2)10-12-27/h5-8,13-14H,3-4,9-12,15-16H2,1-2H3,(H2,23,24,25). The Kier molecular flexibility index (Phi) is 7.31. The molecule has 6 nitrogen and oxygen atoms in total. The molecular formula is C21H30FN5O. The summed E-state index contributed by atoms with van der Waals surface area (Å²) in [6, 6.07) is 9.20. The van der Waals surface area contributed by atoms with E-state index in [9.17, 15) is 4.39 Å². The van der Waals surface area contributed by atoms with E-state index in [1.165, 1.54) is 0 Å². The number of halogens is 1. The van der Waals surface area contributed by atoms with Crippen molar-refractivity contribution >= 4 is 11.6 Å². The van der Waals surface area contributed by atoms with Crippen LogP contribution in [0.5, 0.6) is 0 Å². The zero-order valence-corrected chi connectivity index (χ0v) is 16.7. The van der Waals surface area contributed by atoms with Gasteiger partial charge in [0.25, 0.3) is 0 Å². The van der Waals surface area contributed by atoms with Crippen molar-refractivity contribution in [2.45, 2.75) is 26.9 Å². The fourth-order valence-electron chi connectivity index (χ4n) is 3.31. The lowest BCUT2D eigenvalue weighted by molar-refractivity contribution is 0.270. The average Bonchev–Trinajstić information content (AvgIpc) is 3.24. The third-order valence-corrected chi connectivity index (χ3v) is 4.95. The number of hydrogen-bond acceptors (Lipinski definition) is 4. The van der Waals surface area contributed by atoms with Gasteiger partial charge in [0.15, 0.2) is 5.96 Å². The predicted molar refractivity (Wildman–Crippen MR) is 111 cm³/mol. The molecule has 0 saturated carbocycles. The second-order valence-electron chi connectivity index (χ2n) is 6.84. The quantitative estimate of drug-likeness (QED) is 0.565. The van der Waals surface area contributed by atoms with Gasteiger partial charge >= 0.3 is 0 Å². The smallest absolute Gasteiger partial charge is 0.191 e. The summed E-state index contributed by atoms with van der Waals surface area (Å²) in [5.74, 6) is 1.34. The number of furan rings is 1. The Morgan fingerprint density at radius 1 is 1.14 bits per heavy atom. The van der Waals surface area contributed by atoms with Crippen LogP contribution in [0.4, 0.5) is 10.1 Å². The zero-order valence-electron chi connectivity index (χ0n) is 16.7. The third-order valence-electron chi connectivity index (χ3n) is 4.95. The monoisotopic (exact) mass is 387 g/mol. The molecule has 28 heavy (non-hydrogen) atoms. The molecule has 0 bridgehead atoms. The van der Waals surface area contributed by atoms with Crippen LogP contribution >= 0.6 is 0 Å². The Morgan fingerprint density at radius 2 is 1.96 bits per heavy atom. The summed E-state index contributed by atoms with van der Waals surface area (Å²) in [5.41, 5.74) is 1.54. The van der Waals surface area contributed by atoms with Crippen molar-refractivity contribution in [1.82, 2.24) is 15.5 Å². The van der Waals surface area contributed by atoms with Gasteiger partial charge in [0, 0.05) is 32.7 Å². The molecule has 152 valence electrons. The molecular weight excluding hydrogens is 357 g/mol. The van der Waals surface area contributed by atoms with Crippen LogP contribution in [-0.4, -0.2) is 50.1 Å². The Labute approximate surface area is 166 Å². The van der Waals surface area contributed by atoms with Crippen LogP contribution in [0.2, 0.25) is 0 Å². The second-order valence-corrected chi connectivity index (χ2v) is 6.84. The van der Waals surface area contributed by atoms with Gasteiger partial charge < -0.3 is 24.9 Å². The summed E-state index contributed by atoms with van der Waals surface area (Å²) in [6.07, 6.45) is 1.65. The highest BCUT2D eigenvalue weighted by atomic mass is 19.1. The van der Waals surface area contributed by atoms with Crippen molar-refractivity contribution in [1.29, 1.82) is 0 Å². The molecule has 0 aliphatic carbocycles. The number of rotatable bonds is 7. The summed E-state index contributed by atoms with van der Waals surface area (Å²) in [4.78, 5) is 9.07. The number of nitrogens with zero attached hydrogens (tertiary/aromatic N) is 3. The molecule has 7 heteroatoms. The average molecular weight is 388 g/mol. The zero-order chi connectivity index (χ0) is 19.8. The Balaban J connectivity index is 1.59. The largest absolute Gasteiger partial charge is 0.467 e. The van der Waals surface area contributed by atoms with E-state index in [4.69, 9.17) is 4.42 Å². The molecule has 1 aliphatic heterocycles. The van der Waals surface area contributed by atoms with Gasteiger partial charge in [0.2, 0.25) is 0 Å². The Morgan fingerprint density at radius 3 is 2.61 bits per heavy atom. The van der Waals surface area contributed by atoms with Crippen molar-refractivity contribution in [2.75, 3.05) is 44.2 Å². The maximum Gasteiger partial charge on any atom is 0.191 e. The highest BCUT2D eigenvalue weighted by Crippen LogP contribution is 2.22. The predicted octanol–water partition coefficient (Wildman–Crippen LogP) is 2.82. The summed E-state index contributed by atoms with van der Waals surface area (Å²) < 4.78 is 20.0. The van der Waals surface area contributed by atoms with Crippen molar-refractivity contribution in [3.63, 3.8) is 0 Å². The third kappa shape index (κ3) is 5.48. The molecule has 1 aromatic heterocycles. The maximum atomic E-state index is 14.7. The molecule has 0 unspecified atom stereocenters. The first-order chi connectivity index (χ1) is 13.7. The van der Waals surface area contributed by atoms with Gasteiger partial charge in [0.05, 0.1) is 25.0 Å². The van der Waals surface area contributed by atoms with E-state index in [-0.39, 0.29) is 5.82 Å². The molecule has 0 amide bonds. The molecule has 0 spiro atoms. The van der Waals surface area contributed by atoms with Crippen molar-refractivity contribution in [3.8, 4) is 0 Å². The first-order valence-electron chi connectivity index (χ1n) is 10.00. The molecule has 2 N–H and O–H groups in total. The fourth-order valence-corrected chi connectivity index (χ4v) is 3.31. The molecule has 2 heterocycles. The SMILES string of the molecule is CCNC(=NCc1ccc(N2CCN(CC)CC2)c(F)c1)NCc1ccco1. The highest BCUT2D eigenvalue weighted by molar-refractivity contribution is 5.79. The van der Waals surface area contributed by atoms with Crippen molar-refractivity contribution in [3.05, 3.63) is 53.7 Å².